The number of hydrogen-bond acceptors (Lipinski definition) is 2. The highest BCUT2D eigenvalue weighted by Gasteiger charge is 2.36. The Kier molecular flexibility index (Phi) is 2.60. The van der Waals surface area contributed by atoms with Crippen LogP contribution in [0.15, 0.2) is 24.3 Å². The quantitative estimate of drug-likeness (QED) is 0.821. The third-order valence-corrected chi connectivity index (χ3v) is 4.23. The number of para-hydroxylation sites is 1. The summed E-state index contributed by atoms with van der Waals surface area (Å²) in [5, 5.41) is 0. The first kappa shape index (κ1) is 10.2. The first-order chi connectivity index (χ1) is 7.90. The topological polar surface area (TPSA) is 29.3 Å². The highest BCUT2D eigenvalue weighted by molar-refractivity contribution is 5.56. The number of nitrogens with two attached hydrogens (primary N) is 1. The molecule has 1 saturated carbocycles. The molecule has 0 amide bonds. The van der Waals surface area contributed by atoms with E-state index in [0.29, 0.717) is 6.04 Å². The summed E-state index contributed by atoms with van der Waals surface area (Å²) in [6.07, 6.45) is 5.19. The van der Waals surface area contributed by atoms with Gasteiger partial charge in [0, 0.05) is 18.3 Å². The molecule has 16 heavy (non-hydrogen) atoms. The number of nitrogens with zero attached hydrogens (tertiary/aromatic N) is 1. The lowest BCUT2D eigenvalue weighted by Crippen LogP contribution is -2.51. The van der Waals surface area contributed by atoms with Crippen molar-refractivity contribution in [1.29, 1.82) is 0 Å². The van der Waals surface area contributed by atoms with Crippen molar-refractivity contribution in [3.8, 4) is 0 Å². The van der Waals surface area contributed by atoms with Crippen molar-refractivity contribution in [2.45, 2.75) is 31.7 Å². The number of hydrogen-bond donors (Lipinski definition) is 1. The van der Waals surface area contributed by atoms with Crippen molar-refractivity contribution in [1.82, 2.24) is 0 Å². The van der Waals surface area contributed by atoms with Gasteiger partial charge in [0.2, 0.25) is 0 Å². The van der Waals surface area contributed by atoms with E-state index in [1.165, 1.54) is 43.5 Å². The molecule has 0 aromatic heterocycles. The van der Waals surface area contributed by atoms with Gasteiger partial charge >= 0.3 is 0 Å². The molecule has 86 valence electrons. The zero-order valence-electron chi connectivity index (χ0n) is 9.73. The summed E-state index contributed by atoms with van der Waals surface area (Å²) in [6.45, 7) is 2.07. The van der Waals surface area contributed by atoms with Crippen molar-refractivity contribution >= 4 is 5.69 Å². The van der Waals surface area contributed by atoms with Crippen LogP contribution in [0.5, 0.6) is 0 Å². The largest absolute Gasteiger partial charge is 0.368 e. The smallest absolute Gasteiger partial charge is 0.0401 e. The molecule has 1 aromatic rings. The molecule has 2 atom stereocenters. The maximum Gasteiger partial charge on any atom is 0.0401 e. The highest BCUT2D eigenvalue weighted by atomic mass is 15.2. The number of anilines is 1. The average molecular weight is 216 g/mol. The normalized spacial score (nSPS) is 28.4. The Labute approximate surface area is 97.4 Å². The molecule has 1 fully saturated rings. The minimum atomic E-state index is 0.714. The van der Waals surface area contributed by atoms with E-state index in [-0.39, 0.29) is 0 Å². The van der Waals surface area contributed by atoms with Gasteiger partial charge in [0.25, 0.3) is 0 Å². The van der Waals surface area contributed by atoms with E-state index in [0.717, 1.165) is 12.5 Å². The second-order valence-corrected chi connectivity index (χ2v) is 5.07. The van der Waals surface area contributed by atoms with Crippen LogP contribution in [0.25, 0.3) is 0 Å². The van der Waals surface area contributed by atoms with E-state index in [2.05, 4.69) is 29.2 Å². The highest BCUT2D eigenvalue weighted by Crippen LogP contribution is 2.38. The summed E-state index contributed by atoms with van der Waals surface area (Å²) in [6, 6.07) is 9.58. The van der Waals surface area contributed by atoms with Gasteiger partial charge in [-0.25, -0.2) is 0 Å². The minimum absolute atomic E-state index is 0.714. The third kappa shape index (κ3) is 1.52. The van der Waals surface area contributed by atoms with Crippen molar-refractivity contribution in [3.63, 3.8) is 0 Å². The number of rotatable bonds is 2. The first-order valence-corrected chi connectivity index (χ1v) is 6.45. The molecule has 2 N–H and O–H groups in total. The van der Waals surface area contributed by atoms with E-state index in [1.54, 1.807) is 0 Å². The van der Waals surface area contributed by atoms with E-state index in [1.807, 2.05) is 0 Å². The van der Waals surface area contributed by atoms with Gasteiger partial charge in [-0.3, -0.25) is 0 Å². The minimum Gasteiger partial charge on any atom is -0.368 e. The molecule has 0 spiro atoms. The molecule has 1 aliphatic carbocycles. The van der Waals surface area contributed by atoms with Crippen LogP contribution in [0.2, 0.25) is 0 Å². The Morgan fingerprint density at radius 1 is 1.25 bits per heavy atom. The molecule has 1 aromatic carbocycles. The molecule has 2 unspecified atom stereocenters. The molecule has 2 heteroatoms. The predicted molar refractivity (Wildman–Crippen MR) is 67.7 cm³/mol. The van der Waals surface area contributed by atoms with Gasteiger partial charge in [-0.15, -0.1) is 0 Å². The molecule has 2 nitrogen and oxygen atoms in total. The number of benzene rings is 1. The molecular formula is C14H20N2. The van der Waals surface area contributed by atoms with Gasteiger partial charge in [0.15, 0.2) is 0 Å². The molecule has 3 rings (SSSR count). The summed E-state index contributed by atoms with van der Waals surface area (Å²) >= 11 is 0. The first-order valence-electron chi connectivity index (χ1n) is 6.45. The fourth-order valence-corrected chi connectivity index (χ4v) is 3.14. The second-order valence-electron chi connectivity index (χ2n) is 5.07. The molecular weight excluding hydrogens is 196 g/mol. The second kappa shape index (κ2) is 4.10. The van der Waals surface area contributed by atoms with Crippen LogP contribution in [0, 0.1) is 5.92 Å². The van der Waals surface area contributed by atoms with Gasteiger partial charge in [-0.2, -0.15) is 0 Å². The standard InChI is InChI=1S/C14H20N2/c15-10-12-7-8-14(12)16-9-3-5-11-4-1-2-6-13(11)16/h1-2,4,6,12,14H,3,5,7-10,15H2. The fraction of sp³-hybridized carbons (Fsp3) is 0.571. The van der Waals surface area contributed by atoms with E-state index < -0.39 is 0 Å². The molecule has 1 heterocycles. The Hall–Kier alpha value is -1.02. The summed E-state index contributed by atoms with van der Waals surface area (Å²) in [5.74, 6) is 0.728. The Balaban J connectivity index is 1.87. The van der Waals surface area contributed by atoms with Gasteiger partial charge in [0.1, 0.15) is 0 Å². The van der Waals surface area contributed by atoms with Gasteiger partial charge in [-0.05, 0) is 49.8 Å². The van der Waals surface area contributed by atoms with Crippen LogP contribution in [0.3, 0.4) is 0 Å². The van der Waals surface area contributed by atoms with Crippen molar-refractivity contribution in [2.24, 2.45) is 11.7 Å². The number of aryl methyl sites for hydroxylation is 1. The summed E-state index contributed by atoms with van der Waals surface area (Å²) in [4.78, 5) is 2.61. The van der Waals surface area contributed by atoms with Gasteiger partial charge in [0.05, 0.1) is 0 Å². The molecule has 1 aliphatic heterocycles. The summed E-state index contributed by atoms with van der Waals surface area (Å²) in [5.41, 5.74) is 8.82. The maximum atomic E-state index is 5.82. The molecule has 0 saturated heterocycles. The van der Waals surface area contributed by atoms with Crippen molar-refractivity contribution in [3.05, 3.63) is 29.8 Å². The lowest BCUT2D eigenvalue weighted by molar-refractivity contribution is 0.246. The van der Waals surface area contributed by atoms with Crippen molar-refractivity contribution < 1.29 is 0 Å². The lowest BCUT2D eigenvalue weighted by Gasteiger charge is -2.47. The van der Waals surface area contributed by atoms with Crippen LogP contribution in [0.1, 0.15) is 24.8 Å². The maximum absolute atomic E-state index is 5.82. The third-order valence-electron chi connectivity index (χ3n) is 4.23. The molecule has 0 radical (unpaired) electrons. The zero-order valence-corrected chi connectivity index (χ0v) is 9.73. The van der Waals surface area contributed by atoms with Gasteiger partial charge < -0.3 is 10.6 Å². The lowest BCUT2D eigenvalue weighted by atomic mass is 9.77. The van der Waals surface area contributed by atoms with Crippen LogP contribution in [0.4, 0.5) is 5.69 Å². The SMILES string of the molecule is NCC1CCC1N1CCCc2ccccc21. The van der Waals surface area contributed by atoms with E-state index in [9.17, 15) is 0 Å². The van der Waals surface area contributed by atoms with Crippen molar-refractivity contribution in [2.75, 3.05) is 18.0 Å². The Morgan fingerprint density at radius 2 is 2.12 bits per heavy atom. The number of fused-ring (bicyclic) bond motifs is 1. The summed E-state index contributed by atoms with van der Waals surface area (Å²) < 4.78 is 0. The predicted octanol–water partition coefficient (Wildman–Crippen LogP) is 2.18. The van der Waals surface area contributed by atoms with E-state index >= 15 is 0 Å². The van der Waals surface area contributed by atoms with E-state index in [4.69, 9.17) is 5.73 Å². The van der Waals surface area contributed by atoms with Crippen LogP contribution >= 0.6 is 0 Å². The molecule has 2 aliphatic rings. The Bertz CT molecular complexity index is 373. The summed E-state index contributed by atoms with van der Waals surface area (Å²) in [7, 11) is 0. The monoisotopic (exact) mass is 216 g/mol. The van der Waals surface area contributed by atoms with Crippen LogP contribution in [-0.4, -0.2) is 19.1 Å². The Morgan fingerprint density at radius 3 is 2.88 bits per heavy atom. The fourth-order valence-electron chi connectivity index (χ4n) is 3.14. The average Bonchev–Trinajstić information content (AvgIpc) is 2.29. The molecule has 0 bridgehead atoms. The van der Waals surface area contributed by atoms with Crippen LogP contribution < -0.4 is 10.6 Å². The van der Waals surface area contributed by atoms with Gasteiger partial charge in [-0.1, -0.05) is 18.2 Å². The zero-order chi connectivity index (χ0) is 11.0. The van der Waals surface area contributed by atoms with Crippen LogP contribution in [-0.2, 0) is 6.42 Å².